The van der Waals surface area contributed by atoms with Crippen LogP contribution < -0.4 is 14.8 Å². The van der Waals surface area contributed by atoms with Crippen molar-refractivity contribution in [2.24, 2.45) is 0 Å². The average molecular weight is 290 g/mol. The number of benzene rings is 1. The van der Waals surface area contributed by atoms with Gasteiger partial charge in [0.25, 0.3) is 5.91 Å². The fourth-order valence-electron chi connectivity index (χ4n) is 2.02. The number of rotatable bonds is 3. The van der Waals surface area contributed by atoms with Crippen LogP contribution in [-0.2, 0) is 9.59 Å². The zero-order valence-corrected chi connectivity index (χ0v) is 10.7. The minimum atomic E-state index is -1.26. The van der Waals surface area contributed by atoms with Gasteiger partial charge in [0.05, 0.1) is 0 Å². The van der Waals surface area contributed by atoms with E-state index in [2.05, 4.69) is 5.32 Å². The molecule has 2 aliphatic heterocycles. The Bertz CT molecular complexity index is 681. The lowest BCUT2D eigenvalue weighted by Gasteiger charge is -2.06. The van der Waals surface area contributed by atoms with Crippen LogP contribution in [0.1, 0.15) is 5.56 Å². The Hall–Kier alpha value is -3.03. The molecule has 1 saturated heterocycles. The van der Waals surface area contributed by atoms with Crippen molar-refractivity contribution >= 4 is 24.0 Å². The van der Waals surface area contributed by atoms with E-state index in [0.717, 1.165) is 0 Å². The van der Waals surface area contributed by atoms with E-state index in [1.54, 1.807) is 18.2 Å². The summed E-state index contributed by atoms with van der Waals surface area (Å²) in [6.45, 7) is -0.541. The summed E-state index contributed by atoms with van der Waals surface area (Å²) >= 11 is 0. The SMILES string of the molecule is O=C(O)CN1C(=O)NC(=Cc2ccc3c(c2)OCO3)C1=O. The normalized spacial score (nSPS) is 18.3. The van der Waals surface area contributed by atoms with Crippen LogP contribution in [-0.4, -0.2) is 41.3 Å². The van der Waals surface area contributed by atoms with Crippen LogP contribution in [0.2, 0.25) is 0 Å². The van der Waals surface area contributed by atoms with Gasteiger partial charge in [-0.15, -0.1) is 0 Å². The first-order chi connectivity index (χ1) is 10.0. The van der Waals surface area contributed by atoms with E-state index >= 15 is 0 Å². The second kappa shape index (κ2) is 4.82. The fraction of sp³-hybridized carbons (Fsp3) is 0.154. The number of aliphatic carboxylic acids is 1. The van der Waals surface area contributed by atoms with Crippen molar-refractivity contribution in [2.45, 2.75) is 0 Å². The van der Waals surface area contributed by atoms with Crippen LogP contribution in [0.15, 0.2) is 23.9 Å². The van der Waals surface area contributed by atoms with Crippen LogP contribution in [0, 0.1) is 0 Å². The maximum absolute atomic E-state index is 11.9. The Morgan fingerprint density at radius 1 is 1.33 bits per heavy atom. The first-order valence-corrected chi connectivity index (χ1v) is 6.00. The number of ether oxygens (including phenoxy) is 2. The highest BCUT2D eigenvalue weighted by molar-refractivity contribution is 6.15. The Morgan fingerprint density at radius 3 is 2.86 bits per heavy atom. The molecule has 1 fully saturated rings. The van der Waals surface area contributed by atoms with Crippen molar-refractivity contribution < 1.29 is 29.0 Å². The number of carbonyl (C=O) groups excluding carboxylic acids is 2. The Kier molecular flexibility index (Phi) is 2.98. The van der Waals surface area contributed by atoms with E-state index in [4.69, 9.17) is 14.6 Å². The minimum Gasteiger partial charge on any atom is -0.480 e. The predicted octanol–water partition coefficient (Wildman–Crippen LogP) is 0.393. The Morgan fingerprint density at radius 2 is 2.10 bits per heavy atom. The van der Waals surface area contributed by atoms with E-state index in [9.17, 15) is 14.4 Å². The maximum Gasteiger partial charge on any atom is 0.329 e. The Labute approximate surface area is 118 Å². The number of imide groups is 1. The van der Waals surface area contributed by atoms with Gasteiger partial charge >= 0.3 is 12.0 Å². The predicted molar refractivity (Wildman–Crippen MR) is 68.4 cm³/mol. The molecule has 0 unspecified atom stereocenters. The van der Waals surface area contributed by atoms with Crippen molar-refractivity contribution in [3.63, 3.8) is 0 Å². The lowest BCUT2D eigenvalue weighted by Crippen LogP contribution is -2.35. The van der Waals surface area contributed by atoms with Gasteiger partial charge in [-0.2, -0.15) is 0 Å². The van der Waals surface area contributed by atoms with Gasteiger partial charge in [0.15, 0.2) is 11.5 Å². The van der Waals surface area contributed by atoms with Crippen molar-refractivity contribution in [2.75, 3.05) is 13.3 Å². The summed E-state index contributed by atoms with van der Waals surface area (Å²) in [5.41, 5.74) is 0.639. The van der Waals surface area contributed by atoms with Gasteiger partial charge in [-0.1, -0.05) is 6.07 Å². The topological polar surface area (TPSA) is 105 Å². The summed E-state index contributed by atoms with van der Waals surface area (Å²) < 4.78 is 10.4. The molecule has 0 spiro atoms. The van der Waals surface area contributed by atoms with Crippen molar-refractivity contribution in [1.29, 1.82) is 0 Å². The number of urea groups is 1. The zero-order chi connectivity index (χ0) is 15.0. The quantitative estimate of drug-likeness (QED) is 0.616. The number of amides is 3. The number of hydrogen-bond acceptors (Lipinski definition) is 5. The van der Waals surface area contributed by atoms with Gasteiger partial charge in [0, 0.05) is 0 Å². The number of nitrogens with one attached hydrogen (secondary N) is 1. The summed E-state index contributed by atoms with van der Waals surface area (Å²) in [6.07, 6.45) is 1.45. The molecule has 0 saturated carbocycles. The number of nitrogens with zero attached hydrogens (tertiary/aromatic N) is 1. The highest BCUT2D eigenvalue weighted by atomic mass is 16.7. The summed E-state index contributed by atoms with van der Waals surface area (Å²) in [6, 6.07) is 4.29. The molecule has 8 nitrogen and oxygen atoms in total. The Balaban J connectivity index is 1.85. The molecule has 3 rings (SSSR count). The fourth-order valence-corrected chi connectivity index (χ4v) is 2.02. The number of carbonyl (C=O) groups is 3. The number of fused-ring (bicyclic) bond motifs is 1. The molecule has 1 aromatic rings. The molecule has 8 heteroatoms. The molecule has 0 radical (unpaired) electrons. The second-order valence-corrected chi connectivity index (χ2v) is 4.39. The lowest BCUT2D eigenvalue weighted by molar-refractivity contribution is -0.140. The molecule has 0 aliphatic carbocycles. The number of hydrogen-bond donors (Lipinski definition) is 2. The zero-order valence-electron chi connectivity index (χ0n) is 10.7. The van der Waals surface area contributed by atoms with E-state index in [1.165, 1.54) is 6.08 Å². The summed E-state index contributed by atoms with van der Waals surface area (Å²) in [5.74, 6) is -0.794. The largest absolute Gasteiger partial charge is 0.480 e. The summed E-state index contributed by atoms with van der Waals surface area (Å²) in [5, 5.41) is 11.0. The van der Waals surface area contributed by atoms with Crippen molar-refractivity contribution in [3.05, 3.63) is 29.5 Å². The lowest BCUT2D eigenvalue weighted by atomic mass is 10.1. The van der Waals surface area contributed by atoms with Gasteiger partial charge in [0.2, 0.25) is 6.79 Å². The smallest absolute Gasteiger partial charge is 0.329 e. The first kappa shape index (κ1) is 13.0. The maximum atomic E-state index is 11.9. The molecule has 1 aromatic carbocycles. The minimum absolute atomic E-state index is 0.0140. The molecule has 2 N–H and O–H groups in total. The van der Waals surface area contributed by atoms with E-state index in [1.807, 2.05) is 0 Å². The van der Waals surface area contributed by atoms with Crippen molar-refractivity contribution in [1.82, 2.24) is 10.2 Å². The first-order valence-electron chi connectivity index (χ1n) is 6.00. The van der Waals surface area contributed by atoms with Gasteiger partial charge in [-0.25, -0.2) is 9.69 Å². The number of carboxylic acids is 1. The highest BCUT2D eigenvalue weighted by Crippen LogP contribution is 2.33. The summed E-state index contributed by atoms with van der Waals surface area (Å²) in [7, 11) is 0. The van der Waals surface area contributed by atoms with E-state index in [-0.39, 0.29) is 12.5 Å². The second-order valence-electron chi connectivity index (χ2n) is 4.39. The molecule has 0 atom stereocenters. The molecule has 0 aromatic heterocycles. The van der Waals surface area contributed by atoms with E-state index < -0.39 is 24.5 Å². The van der Waals surface area contributed by atoms with Gasteiger partial charge < -0.3 is 19.9 Å². The molecule has 3 amide bonds. The molecular formula is C13H10N2O6. The molecule has 21 heavy (non-hydrogen) atoms. The van der Waals surface area contributed by atoms with Crippen LogP contribution in [0.3, 0.4) is 0 Å². The molecule has 2 aliphatic rings. The van der Waals surface area contributed by atoms with Gasteiger partial charge in [0.1, 0.15) is 12.2 Å². The van der Waals surface area contributed by atoms with Gasteiger partial charge in [-0.05, 0) is 23.8 Å². The van der Waals surface area contributed by atoms with Crippen LogP contribution in [0.25, 0.3) is 6.08 Å². The molecule has 0 bridgehead atoms. The molecule has 108 valence electrons. The monoisotopic (exact) mass is 290 g/mol. The molecular weight excluding hydrogens is 280 g/mol. The average Bonchev–Trinajstić information content (AvgIpc) is 2.98. The van der Waals surface area contributed by atoms with E-state index in [0.29, 0.717) is 22.0 Å². The third kappa shape index (κ3) is 2.38. The molecule has 2 heterocycles. The van der Waals surface area contributed by atoms with Crippen LogP contribution in [0.4, 0.5) is 4.79 Å². The highest BCUT2D eigenvalue weighted by Gasteiger charge is 2.34. The summed E-state index contributed by atoms with van der Waals surface area (Å²) in [4.78, 5) is 34.7. The standard InChI is InChI=1S/C13H10N2O6/c16-11(17)5-15-12(18)8(14-13(15)19)3-7-1-2-9-10(4-7)21-6-20-9/h1-4H,5-6H2,(H,14,19)(H,16,17). The number of carboxylic acid groups (broad SMARTS) is 1. The van der Waals surface area contributed by atoms with Crippen LogP contribution >= 0.6 is 0 Å². The third-order valence-corrected chi connectivity index (χ3v) is 2.96. The van der Waals surface area contributed by atoms with Gasteiger partial charge in [-0.3, -0.25) is 9.59 Å². The van der Waals surface area contributed by atoms with Crippen molar-refractivity contribution in [3.8, 4) is 11.5 Å². The third-order valence-electron chi connectivity index (χ3n) is 2.96. The van der Waals surface area contributed by atoms with Crippen LogP contribution in [0.5, 0.6) is 11.5 Å².